The number of rotatable bonds is 5. The van der Waals surface area contributed by atoms with E-state index >= 15 is 0 Å². The van der Waals surface area contributed by atoms with Crippen molar-refractivity contribution in [1.29, 1.82) is 0 Å². The van der Waals surface area contributed by atoms with Crippen LogP contribution in [0, 0.1) is 5.92 Å². The number of amides is 2. The van der Waals surface area contributed by atoms with Crippen molar-refractivity contribution in [2.24, 2.45) is 5.92 Å². The number of piperidine rings is 1. The Morgan fingerprint density at radius 1 is 1.26 bits per heavy atom. The molecule has 27 heavy (non-hydrogen) atoms. The molecule has 1 atom stereocenters. The smallest absolute Gasteiger partial charge is 0.260 e. The van der Waals surface area contributed by atoms with Crippen LogP contribution in [-0.2, 0) is 16.1 Å². The van der Waals surface area contributed by atoms with E-state index in [1.54, 1.807) is 35.5 Å². The minimum atomic E-state index is -0.221. The summed E-state index contributed by atoms with van der Waals surface area (Å²) in [4.78, 5) is 45.6. The Hall–Kier alpha value is -2.70. The van der Waals surface area contributed by atoms with E-state index < -0.39 is 0 Å². The van der Waals surface area contributed by atoms with Crippen molar-refractivity contribution in [3.05, 3.63) is 40.9 Å². The maximum atomic E-state index is 12.8. The molecule has 1 aliphatic heterocycles. The van der Waals surface area contributed by atoms with Gasteiger partial charge in [0.2, 0.25) is 11.8 Å². The molecule has 2 aromatic heterocycles. The van der Waals surface area contributed by atoms with Gasteiger partial charge in [0.05, 0.1) is 16.8 Å². The summed E-state index contributed by atoms with van der Waals surface area (Å²) in [6, 6.07) is 5.17. The van der Waals surface area contributed by atoms with Crippen molar-refractivity contribution in [2.45, 2.75) is 33.2 Å². The first-order chi connectivity index (χ1) is 13.0. The van der Waals surface area contributed by atoms with Crippen LogP contribution in [0.25, 0.3) is 10.9 Å². The lowest BCUT2D eigenvalue weighted by atomic mass is 9.96. The van der Waals surface area contributed by atoms with E-state index in [2.05, 4.69) is 4.98 Å². The average molecular weight is 370 g/mol. The van der Waals surface area contributed by atoms with E-state index in [4.69, 9.17) is 0 Å². The fourth-order valence-electron chi connectivity index (χ4n) is 3.68. The average Bonchev–Trinajstić information content (AvgIpc) is 2.71. The van der Waals surface area contributed by atoms with Gasteiger partial charge in [0.25, 0.3) is 5.56 Å². The van der Waals surface area contributed by atoms with Crippen LogP contribution in [0.1, 0.15) is 26.7 Å². The molecule has 0 radical (unpaired) electrons. The van der Waals surface area contributed by atoms with Crippen LogP contribution in [0.2, 0.25) is 0 Å². The third-order valence-electron chi connectivity index (χ3n) is 5.25. The summed E-state index contributed by atoms with van der Waals surface area (Å²) >= 11 is 0. The number of likely N-dealkylation sites (tertiary alicyclic amines) is 1. The predicted octanol–water partition coefficient (Wildman–Crippen LogP) is 1.50. The monoisotopic (exact) mass is 370 g/mol. The number of hydrogen-bond acceptors (Lipinski definition) is 4. The second-order valence-corrected chi connectivity index (χ2v) is 6.87. The molecule has 0 aliphatic carbocycles. The molecule has 3 rings (SSSR count). The molecule has 1 fully saturated rings. The first-order valence-electron chi connectivity index (χ1n) is 9.55. The SMILES string of the molecule is CCN(CC)C(=O)[C@@H]1CCCN(C(=O)Cn2ccc3ncccc3c2=O)C1. The summed E-state index contributed by atoms with van der Waals surface area (Å²) in [5.41, 5.74) is 0.399. The van der Waals surface area contributed by atoms with Gasteiger partial charge < -0.3 is 14.4 Å². The second kappa shape index (κ2) is 8.33. The Bertz CT molecular complexity index is 888. The number of hydrogen-bond donors (Lipinski definition) is 0. The lowest BCUT2D eigenvalue weighted by Gasteiger charge is -2.34. The van der Waals surface area contributed by atoms with Crippen LogP contribution in [0.5, 0.6) is 0 Å². The second-order valence-electron chi connectivity index (χ2n) is 6.87. The molecular formula is C20H26N4O3. The zero-order valence-electron chi connectivity index (χ0n) is 15.9. The van der Waals surface area contributed by atoms with Crippen molar-refractivity contribution in [3.8, 4) is 0 Å². The van der Waals surface area contributed by atoms with Gasteiger partial charge in [-0.05, 0) is 44.9 Å². The van der Waals surface area contributed by atoms with Crippen molar-refractivity contribution in [2.75, 3.05) is 26.2 Å². The standard InChI is InChI=1S/C20H26N4O3/c1-3-22(4-2)19(26)15-7-6-11-23(13-15)18(25)14-24-12-9-17-16(20(24)27)8-5-10-21-17/h5,8-10,12,15H,3-4,6-7,11,13-14H2,1-2H3/t15-/m1/s1. The summed E-state index contributed by atoms with van der Waals surface area (Å²) in [5, 5.41) is 0.501. The van der Waals surface area contributed by atoms with Crippen LogP contribution in [0.15, 0.2) is 35.4 Å². The number of carbonyl (C=O) groups excluding carboxylic acids is 2. The zero-order chi connectivity index (χ0) is 19.4. The molecule has 0 bridgehead atoms. The maximum absolute atomic E-state index is 12.8. The van der Waals surface area contributed by atoms with Crippen LogP contribution >= 0.6 is 0 Å². The van der Waals surface area contributed by atoms with Crippen LogP contribution in [0.4, 0.5) is 0 Å². The summed E-state index contributed by atoms with van der Waals surface area (Å²) in [6.07, 6.45) is 4.86. The first kappa shape index (κ1) is 19.1. The fraction of sp³-hybridized carbons (Fsp3) is 0.500. The van der Waals surface area contributed by atoms with Gasteiger partial charge in [-0.3, -0.25) is 19.4 Å². The normalized spacial score (nSPS) is 17.1. The first-order valence-corrected chi connectivity index (χ1v) is 9.55. The lowest BCUT2D eigenvalue weighted by Crippen LogP contribution is -2.48. The molecule has 2 aromatic rings. The zero-order valence-corrected chi connectivity index (χ0v) is 15.9. The van der Waals surface area contributed by atoms with E-state index in [1.807, 2.05) is 18.7 Å². The van der Waals surface area contributed by atoms with E-state index in [0.29, 0.717) is 37.1 Å². The van der Waals surface area contributed by atoms with Gasteiger partial charge in [0, 0.05) is 38.6 Å². The lowest BCUT2D eigenvalue weighted by molar-refractivity contribution is -0.140. The molecule has 3 heterocycles. The maximum Gasteiger partial charge on any atom is 0.260 e. The van der Waals surface area contributed by atoms with Crippen LogP contribution in [-0.4, -0.2) is 57.3 Å². The highest BCUT2D eigenvalue weighted by Crippen LogP contribution is 2.19. The predicted molar refractivity (Wildman–Crippen MR) is 103 cm³/mol. The molecule has 1 aliphatic rings. The van der Waals surface area contributed by atoms with Gasteiger partial charge in [-0.25, -0.2) is 0 Å². The third kappa shape index (κ3) is 4.02. The number of nitrogens with zero attached hydrogens (tertiary/aromatic N) is 4. The Labute approximate surface area is 158 Å². The molecule has 7 heteroatoms. The Balaban J connectivity index is 1.72. The number of carbonyl (C=O) groups is 2. The highest BCUT2D eigenvalue weighted by atomic mass is 16.2. The Kier molecular flexibility index (Phi) is 5.88. The van der Waals surface area contributed by atoms with Gasteiger partial charge >= 0.3 is 0 Å². The third-order valence-corrected chi connectivity index (χ3v) is 5.25. The number of pyridine rings is 2. The summed E-state index contributed by atoms with van der Waals surface area (Å²) in [5.74, 6) is -0.163. The molecular weight excluding hydrogens is 344 g/mol. The van der Waals surface area contributed by atoms with Gasteiger partial charge in [-0.2, -0.15) is 0 Å². The van der Waals surface area contributed by atoms with E-state index in [9.17, 15) is 14.4 Å². The summed E-state index contributed by atoms with van der Waals surface area (Å²) in [7, 11) is 0. The molecule has 1 saturated heterocycles. The van der Waals surface area contributed by atoms with Gasteiger partial charge in [-0.15, -0.1) is 0 Å². The number of aromatic nitrogens is 2. The summed E-state index contributed by atoms with van der Waals surface area (Å²) < 4.78 is 1.42. The van der Waals surface area contributed by atoms with Crippen LogP contribution < -0.4 is 5.56 Å². The molecule has 0 N–H and O–H groups in total. The quantitative estimate of drug-likeness (QED) is 0.799. The van der Waals surface area contributed by atoms with Gasteiger partial charge in [-0.1, -0.05) is 0 Å². The topological polar surface area (TPSA) is 75.5 Å². The van der Waals surface area contributed by atoms with Crippen molar-refractivity contribution >= 4 is 22.7 Å². The van der Waals surface area contributed by atoms with Crippen molar-refractivity contribution in [3.63, 3.8) is 0 Å². The van der Waals surface area contributed by atoms with E-state index in [-0.39, 0.29) is 29.8 Å². The van der Waals surface area contributed by atoms with E-state index in [0.717, 1.165) is 12.8 Å². The van der Waals surface area contributed by atoms with Crippen molar-refractivity contribution in [1.82, 2.24) is 19.4 Å². The molecule has 7 nitrogen and oxygen atoms in total. The highest BCUT2D eigenvalue weighted by Gasteiger charge is 2.30. The minimum Gasteiger partial charge on any atom is -0.343 e. The molecule has 0 aromatic carbocycles. The number of fused-ring (bicyclic) bond motifs is 1. The van der Waals surface area contributed by atoms with Gasteiger partial charge in [0.1, 0.15) is 6.54 Å². The molecule has 0 spiro atoms. The molecule has 0 unspecified atom stereocenters. The van der Waals surface area contributed by atoms with Crippen LogP contribution in [0.3, 0.4) is 0 Å². The van der Waals surface area contributed by atoms with E-state index in [1.165, 1.54) is 4.57 Å². The molecule has 2 amide bonds. The highest BCUT2D eigenvalue weighted by molar-refractivity contribution is 5.82. The largest absolute Gasteiger partial charge is 0.343 e. The Morgan fingerprint density at radius 3 is 2.78 bits per heavy atom. The van der Waals surface area contributed by atoms with Crippen molar-refractivity contribution < 1.29 is 9.59 Å². The molecule has 0 saturated carbocycles. The minimum absolute atomic E-state index is 0.0180. The van der Waals surface area contributed by atoms with Gasteiger partial charge in [0.15, 0.2) is 0 Å². The fourth-order valence-corrected chi connectivity index (χ4v) is 3.68. The Morgan fingerprint density at radius 2 is 2.04 bits per heavy atom. The molecule has 144 valence electrons. The summed E-state index contributed by atoms with van der Waals surface area (Å²) in [6.45, 7) is 6.33.